The van der Waals surface area contributed by atoms with Gasteiger partial charge in [0.05, 0.1) is 5.39 Å². The van der Waals surface area contributed by atoms with Gasteiger partial charge in [-0.05, 0) is 31.5 Å². The van der Waals surface area contributed by atoms with Crippen LogP contribution in [0.4, 0.5) is 0 Å². The Balaban J connectivity index is 2.27. The number of ketones is 1. The summed E-state index contributed by atoms with van der Waals surface area (Å²) in [7, 11) is 0. The molecule has 0 aliphatic carbocycles. The molecule has 0 aliphatic heterocycles. The van der Waals surface area contributed by atoms with E-state index in [1.54, 1.807) is 22.8 Å². The molecule has 130 valence electrons. The van der Waals surface area contributed by atoms with Crippen LogP contribution in [0.2, 0.25) is 0 Å². The molecule has 0 spiro atoms. The second-order valence-electron chi connectivity index (χ2n) is 6.01. The minimum Gasteiger partial charge on any atom is -0.300 e. The van der Waals surface area contributed by atoms with Crippen LogP contribution in [-0.4, -0.2) is 15.3 Å². The predicted molar refractivity (Wildman–Crippen MR) is 106 cm³/mol. The molecule has 3 aromatic rings. The molecule has 0 saturated carbocycles. The number of fused-ring (bicyclic) bond motifs is 1. The zero-order chi connectivity index (χ0) is 18.1. The number of carbonyl (C=O) groups is 1. The number of thiophene rings is 1. The van der Waals surface area contributed by atoms with E-state index in [-0.39, 0.29) is 11.3 Å². The molecule has 0 atom stereocenters. The largest absolute Gasteiger partial charge is 0.300 e. The van der Waals surface area contributed by atoms with Gasteiger partial charge >= 0.3 is 0 Å². The summed E-state index contributed by atoms with van der Waals surface area (Å²) in [5, 5.41) is 0.658. The van der Waals surface area contributed by atoms with E-state index in [1.807, 2.05) is 38.1 Å². The van der Waals surface area contributed by atoms with Crippen molar-refractivity contribution in [3.05, 3.63) is 49.8 Å². The topological polar surface area (TPSA) is 52.0 Å². The molecule has 2 aromatic heterocycles. The Bertz CT molecular complexity index is 1000. The number of Topliss-reactive ketones (excluding diaryl/α,β-unsaturated/α-hetero) is 1. The standard InChI is InChI=1S/C19H19BrN2O2S/c1-4-15-21-18-17(19(24)22(15)10-9-11(2)23)16(12(3)25-18)13-5-7-14(20)8-6-13/h5-8H,4,9-10H2,1-3H3. The third-order valence-electron chi connectivity index (χ3n) is 4.20. The summed E-state index contributed by atoms with van der Waals surface area (Å²) in [5.74, 6) is 0.811. The molecular weight excluding hydrogens is 400 g/mol. The van der Waals surface area contributed by atoms with Gasteiger partial charge in [-0.3, -0.25) is 14.2 Å². The van der Waals surface area contributed by atoms with E-state index in [0.717, 1.165) is 31.1 Å². The maximum atomic E-state index is 13.2. The second kappa shape index (κ2) is 7.22. The van der Waals surface area contributed by atoms with Crippen LogP contribution >= 0.6 is 27.3 Å². The van der Waals surface area contributed by atoms with E-state index >= 15 is 0 Å². The Hall–Kier alpha value is -1.79. The third kappa shape index (κ3) is 3.46. The minimum atomic E-state index is -0.0506. The van der Waals surface area contributed by atoms with Crippen molar-refractivity contribution >= 4 is 43.3 Å². The molecule has 25 heavy (non-hydrogen) atoms. The molecule has 0 fully saturated rings. The molecule has 2 heterocycles. The fourth-order valence-electron chi connectivity index (χ4n) is 2.97. The summed E-state index contributed by atoms with van der Waals surface area (Å²) in [5.41, 5.74) is 1.91. The van der Waals surface area contributed by atoms with Gasteiger partial charge in [0, 0.05) is 34.3 Å². The monoisotopic (exact) mass is 418 g/mol. The van der Waals surface area contributed by atoms with Gasteiger partial charge in [0.2, 0.25) is 0 Å². The van der Waals surface area contributed by atoms with E-state index in [1.165, 1.54) is 0 Å². The van der Waals surface area contributed by atoms with Gasteiger partial charge in [-0.15, -0.1) is 11.3 Å². The van der Waals surface area contributed by atoms with Gasteiger partial charge in [-0.1, -0.05) is 35.0 Å². The molecule has 4 nitrogen and oxygen atoms in total. The number of nitrogens with zero attached hydrogens (tertiary/aromatic N) is 2. The second-order valence-corrected chi connectivity index (χ2v) is 8.13. The van der Waals surface area contributed by atoms with Crippen molar-refractivity contribution in [3.63, 3.8) is 0 Å². The fourth-order valence-corrected chi connectivity index (χ4v) is 4.29. The molecule has 0 amide bonds. The zero-order valence-electron chi connectivity index (χ0n) is 14.4. The average molecular weight is 419 g/mol. The molecule has 0 saturated heterocycles. The van der Waals surface area contributed by atoms with Crippen molar-refractivity contribution in [2.45, 2.75) is 40.2 Å². The predicted octanol–water partition coefficient (Wildman–Crippen LogP) is 4.74. The van der Waals surface area contributed by atoms with Gasteiger partial charge in [0.1, 0.15) is 16.4 Å². The van der Waals surface area contributed by atoms with Crippen LogP contribution in [0, 0.1) is 6.92 Å². The fraction of sp³-hybridized carbons (Fsp3) is 0.316. The maximum absolute atomic E-state index is 13.2. The van der Waals surface area contributed by atoms with Crippen LogP contribution in [0.3, 0.4) is 0 Å². The number of benzene rings is 1. The molecular formula is C19H19BrN2O2S. The number of halogens is 1. The van der Waals surface area contributed by atoms with Crippen LogP contribution in [0.15, 0.2) is 33.5 Å². The third-order valence-corrected chi connectivity index (χ3v) is 5.73. The van der Waals surface area contributed by atoms with Gasteiger partial charge in [0.15, 0.2) is 0 Å². The summed E-state index contributed by atoms with van der Waals surface area (Å²) in [6.45, 7) is 5.93. The molecule has 0 unspecified atom stereocenters. The van der Waals surface area contributed by atoms with Crippen LogP contribution in [0.5, 0.6) is 0 Å². The lowest BCUT2D eigenvalue weighted by Crippen LogP contribution is -2.25. The van der Waals surface area contributed by atoms with Crippen LogP contribution in [0.1, 0.15) is 31.0 Å². The van der Waals surface area contributed by atoms with E-state index in [9.17, 15) is 9.59 Å². The molecule has 1 aromatic carbocycles. The summed E-state index contributed by atoms with van der Waals surface area (Å²) in [4.78, 5) is 31.2. The number of hydrogen-bond donors (Lipinski definition) is 0. The first-order valence-electron chi connectivity index (χ1n) is 8.20. The minimum absolute atomic E-state index is 0.0506. The quantitative estimate of drug-likeness (QED) is 0.601. The number of aromatic nitrogens is 2. The molecule has 0 radical (unpaired) electrons. The van der Waals surface area contributed by atoms with Crippen molar-refractivity contribution < 1.29 is 4.79 Å². The van der Waals surface area contributed by atoms with Crippen molar-refractivity contribution in [2.24, 2.45) is 0 Å². The van der Waals surface area contributed by atoms with Crippen LogP contribution < -0.4 is 5.56 Å². The van der Waals surface area contributed by atoms with E-state index in [0.29, 0.717) is 24.8 Å². The molecule has 3 rings (SSSR count). The first-order chi connectivity index (χ1) is 11.9. The highest BCUT2D eigenvalue weighted by molar-refractivity contribution is 9.10. The summed E-state index contributed by atoms with van der Waals surface area (Å²) in [6, 6.07) is 7.96. The van der Waals surface area contributed by atoms with Crippen molar-refractivity contribution in [1.29, 1.82) is 0 Å². The van der Waals surface area contributed by atoms with E-state index in [2.05, 4.69) is 15.9 Å². The summed E-state index contributed by atoms with van der Waals surface area (Å²) in [6.07, 6.45) is 1.00. The lowest BCUT2D eigenvalue weighted by atomic mass is 10.0. The normalized spacial score (nSPS) is 11.2. The molecule has 0 aliphatic rings. The van der Waals surface area contributed by atoms with Crippen molar-refractivity contribution in [1.82, 2.24) is 9.55 Å². The van der Waals surface area contributed by atoms with E-state index < -0.39 is 0 Å². The van der Waals surface area contributed by atoms with Crippen molar-refractivity contribution in [2.75, 3.05) is 0 Å². The zero-order valence-corrected chi connectivity index (χ0v) is 16.8. The Morgan fingerprint density at radius 1 is 1.28 bits per heavy atom. The lowest BCUT2D eigenvalue weighted by molar-refractivity contribution is -0.117. The molecule has 0 bridgehead atoms. The number of hydrogen-bond acceptors (Lipinski definition) is 4. The summed E-state index contributed by atoms with van der Waals surface area (Å²) >= 11 is 5.00. The highest BCUT2D eigenvalue weighted by Crippen LogP contribution is 2.36. The SMILES string of the molecule is CCc1nc2sc(C)c(-c3ccc(Br)cc3)c2c(=O)n1CCC(C)=O. The smallest absolute Gasteiger partial charge is 0.262 e. The summed E-state index contributed by atoms with van der Waals surface area (Å²) < 4.78 is 2.66. The highest BCUT2D eigenvalue weighted by atomic mass is 79.9. The Morgan fingerprint density at radius 2 is 1.96 bits per heavy atom. The first-order valence-corrected chi connectivity index (χ1v) is 9.81. The highest BCUT2D eigenvalue weighted by Gasteiger charge is 2.19. The van der Waals surface area contributed by atoms with Gasteiger partial charge < -0.3 is 0 Å². The first kappa shape index (κ1) is 18.0. The average Bonchev–Trinajstić information content (AvgIpc) is 2.90. The Morgan fingerprint density at radius 3 is 2.56 bits per heavy atom. The van der Waals surface area contributed by atoms with Crippen LogP contribution in [-0.2, 0) is 17.8 Å². The maximum Gasteiger partial charge on any atom is 0.262 e. The Kier molecular flexibility index (Phi) is 5.20. The Labute approximate surface area is 158 Å². The van der Waals surface area contributed by atoms with Crippen LogP contribution in [0.25, 0.3) is 21.3 Å². The molecule has 6 heteroatoms. The van der Waals surface area contributed by atoms with Gasteiger partial charge in [0.25, 0.3) is 5.56 Å². The number of carbonyl (C=O) groups excluding carboxylic acids is 1. The van der Waals surface area contributed by atoms with Gasteiger partial charge in [-0.2, -0.15) is 0 Å². The number of rotatable bonds is 5. The van der Waals surface area contributed by atoms with Crippen molar-refractivity contribution in [3.8, 4) is 11.1 Å². The van der Waals surface area contributed by atoms with E-state index in [4.69, 9.17) is 4.98 Å². The number of aryl methyl sites for hydroxylation is 2. The molecule has 0 N–H and O–H groups in total. The lowest BCUT2D eigenvalue weighted by Gasteiger charge is -2.11. The van der Waals surface area contributed by atoms with Gasteiger partial charge in [-0.25, -0.2) is 4.98 Å².